The van der Waals surface area contributed by atoms with Gasteiger partial charge in [0.1, 0.15) is 24.9 Å². The van der Waals surface area contributed by atoms with Gasteiger partial charge in [0.15, 0.2) is 0 Å². The van der Waals surface area contributed by atoms with Crippen molar-refractivity contribution in [3.8, 4) is 0 Å². The van der Waals surface area contributed by atoms with E-state index in [1.807, 2.05) is 31.1 Å². The molecule has 0 saturated heterocycles. The van der Waals surface area contributed by atoms with Crippen LogP contribution in [0.2, 0.25) is 0 Å². The van der Waals surface area contributed by atoms with E-state index in [1.165, 1.54) is 77.0 Å². The van der Waals surface area contributed by atoms with Gasteiger partial charge in [0.25, 0.3) is 0 Å². The van der Waals surface area contributed by atoms with Crippen molar-refractivity contribution >= 4 is 24.0 Å². The number of esters is 3. The maximum Gasteiger partial charge on any atom is 0.410 e. The lowest BCUT2D eigenvalue weighted by Crippen LogP contribution is -2.37. The van der Waals surface area contributed by atoms with Gasteiger partial charge in [0.05, 0.1) is 0 Å². The fourth-order valence-electron chi connectivity index (χ4n) is 9.28. The second-order valence-corrected chi connectivity index (χ2v) is 21.1. The first-order valence-electron chi connectivity index (χ1n) is 30.4. The molecule has 0 aliphatic heterocycles. The highest BCUT2D eigenvalue weighted by Gasteiger charge is 2.21. The van der Waals surface area contributed by atoms with E-state index in [1.54, 1.807) is 0 Å². The van der Waals surface area contributed by atoms with Gasteiger partial charge < -0.3 is 28.7 Å². The van der Waals surface area contributed by atoms with E-state index in [4.69, 9.17) is 18.9 Å². The molecule has 0 rings (SSSR count). The summed E-state index contributed by atoms with van der Waals surface area (Å²) in [6.45, 7) is 13.3. The minimum atomic E-state index is -0.242. The maximum atomic E-state index is 13.8. The molecular weight excluding hydrogens is 889 g/mol. The number of unbranched alkanes of at least 4 members (excludes halogenated alkanes) is 23. The molecule has 418 valence electrons. The average molecular weight is 1010 g/mol. The third-order valence-corrected chi connectivity index (χ3v) is 13.8. The molecule has 1 amide bonds. The fraction of sp³-hybridized carbons (Fsp3) is 0.902. The topological polar surface area (TPSA) is 112 Å². The summed E-state index contributed by atoms with van der Waals surface area (Å²) in [4.78, 5) is 55.8. The molecular formula is C61H116N2O8. The Labute approximate surface area is 439 Å². The van der Waals surface area contributed by atoms with Gasteiger partial charge in [-0.25, -0.2) is 4.79 Å². The van der Waals surface area contributed by atoms with Gasteiger partial charge in [0.2, 0.25) is 0 Å². The molecule has 10 heteroatoms. The predicted octanol–water partition coefficient (Wildman–Crippen LogP) is 17.4. The number of allylic oxidation sites excluding steroid dienone is 1. The van der Waals surface area contributed by atoms with Gasteiger partial charge >= 0.3 is 24.0 Å². The van der Waals surface area contributed by atoms with Crippen LogP contribution >= 0.6 is 0 Å². The number of nitrogens with zero attached hydrogens (tertiary/aromatic N) is 2. The largest absolute Gasteiger partial charge is 0.462 e. The molecule has 0 heterocycles. The van der Waals surface area contributed by atoms with E-state index in [0.29, 0.717) is 51.8 Å². The molecule has 0 aliphatic rings. The lowest BCUT2D eigenvalue weighted by Gasteiger charge is -2.26. The second kappa shape index (κ2) is 52.3. The van der Waals surface area contributed by atoms with Crippen molar-refractivity contribution in [3.63, 3.8) is 0 Å². The minimum Gasteiger partial charge on any atom is -0.462 e. The average Bonchev–Trinajstić information content (AvgIpc) is 3.35. The van der Waals surface area contributed by atoms with E-state index in [9.17, 15) is 19.2 Å². The van der Waals surface area contributed by atoms with Crippen molar-refractivity contribution in [3.05, 3.63) is 12.2 Å². The van der Waals surface area contributed by atoms with Crippen molar-refractivity contribution in [2.45, 2.75) is 316 Å². The number of hydrogen-bond acceptors (Lipinski definition) is 9. The summed E-state index contributed by atoms with van der Waals surface area (Å²) < 4.78 is 23.7. The summed E-state index contributed by atoms with van der Waals surface area (Å²) in [5.41, 5.74) is 0. The summed E-state index contributed by atoms with van der Waals surface area (Å²) in [5, 5.41) is 0. The van der Waals surface area contributed by atoms with Crippen LogP contribution in [0.15, 0.2) is 12.2 Å². The molecule has 0 aromatic rings. The van der Waals surface area contributed by atoms with Crippen LogP contribution in [0, 0.1) is 0 Å². The highest BCUT2D eigenvalue weighted by Crippen LogP contribution is 2.22. The zero-order chi connectivity index (χ0) is 52.3. The van der Waals surface area contributed by atoms with Crippen LogP contribution in [0.3, 0.4) is 0 Å². The van der Waals surface area contributed by atoms with Crippen LogP contribution in [0.4, 0.5) is 4.79 Å². The van der Waals surface area contributed by atoms with E-state index < -0.39 is 0 Å². The Morgan fingerprint density at radius 2 is 0.704 bits per heavy atom. The first-order valence-corrected chi connectivity index (χ1v) is 30.4. The zero-order valence-electron chi connectivity index (χ0n) is 47.9. The number of amides is 1. The fourth-order valence-corrected chi connectivity index (χ4v) is 9.28. The monoisotopic (exact) mass is 1000 g/mol. The molecule has 0 aliphatic carbocycles. The molecule has 0 bridgehead atoms. The van der Waals surface area contributed by atoms with Gasteiger partial charge in [-0.3, -0.25) is 14.4 Å². The smallest absolute Gasteiger partial charge is 0.410 e. The van der Waals surface area contributed by atoms with E-state index >= 15 is 0 Å². The van der Waals surface area contributed by atoms with E-state index in [0.717, 1.165) is 161 Å². The lowest BCUT2D eigenvalue weighted by atomic mass is 10.0. The predicted molar refractivity (Wildman–Crippen MR) is 298 cm³/mol. The molecule has 0 saturated carbocycles. The van der Waals surface area contributed by atoms with Gasteiger partial charge in [0, 0.05) is 32.4 Å². The molecule has 0 unspecified atom stereocenters. The summed E-state index contributed by atoms with van der Waals surface area (Å²) in [5.74, 6) is -0.249. The Hall–Kier alpha value is -2.62. The number of ether oxygens (including phenoxy) is 4. The van der Waals surface area contributed by atoms with Crippen LogP contribution in [-0.4, -0.2) is 92.4 Å². The second-order valence-electron chi connectivity index (χ2n) is 21.1. The van der Waals surface area contributed by atoms with Gasteiger partial charge in [-0.15, -0.1) is 0 Å². The highest BCUT2D eigenvalue weighted by molar-refractivity contribution is 5.70. The highest BCUT2D eigenvalue weighted by atomic mass is 16.6. The molecule has 0 N–H and O–H groups in total. The lowest BCUT2D eigenvalue weighted by molar-refractivity contribution is -0.151. The molecule has 0 fully saturated rings. The third-order valence-electron chi connectivity index (χ3n) is 13.8. The summed E-state index contributed by atoms with van der Waals surface area (Å²) >= 11 is 0. The third kappa shape index (κ3) is 46.9. The SMILES string of the molecule is CC/C=C\COC(=O)CCCCN(CCCN(C)C)C(=O)OC(CCCCCCCCC(=O)OC(CCCCCC)CCCCCC)CCCCCCCCC(=O)OC(CCCCCC)CCCCCC. The van der Waals surface area contributed by atoms with Crippen LogP contribution in [-0.2, 0) is 33.3 Å². The molecule has 0 radical (unpaired) electrons. The van der Waals surface area contributed by atoms with Crippen LogP contribution in [0.5, 0.6) is 0 Å². The Bertz CT molecular complexity index is 1160. The van der Waals surface area contributed by atoms with Gasteiger partial charge in [-0.2, -0.15) is 0 Å². The minimum absolute atomic E-state index is 0.0237. The van der Waals surface area contributed by atoms with Crippen molar-refractivity contribution < 1.29 is 38.1 Å². The van der Waals surface area contributed by atoms with E-state index in [-0.39, 0.29) is 42.3 Å². The molecule has 0 aromatic carbocycles. The molecule has 71 heavy (non-hydrogen) atoms. The standard InChI is InChI=1S/C61H116N2O8/c1-8-13-18-30-42-55(43-31-19-14-9-2)69-59(65)49-36-28-24-22-26-34-46-57(71-61(67)63(53-41-51-62(6)7)52-39-38-48-58(64)68-54-40-17-12-5)47-35-27-23-25-29-37-50-60(66)70-56(44-32-20-15-10-3)45-33-21-16-11-4/h17,40,55-57H,8-16,18-39,41-54H2,1-7H3/b40-17-. The zero-order valence-corrected chi connectivity index (χ0v) is 47.9. The Kier molecular flexibility index (Phi) is 50.3. The Morgan fingerprint density at radius 3 is 1.10 bits per heavy atom. The summed E-state index contributed by atoms with van der Waals surface area (Å²) in [6, 6.07) is 0. The molecule has 0 spiro atoms. The van der Waals surface area contributed by atoms with Crippen LogP contribution < -0.4 is 0 Å². The van der Waals surface area contributed by atoms with E-state index in [2.05, 4.69) is 39.5 Å². The number of carbonyl (C=O) groups excluding carboxylic acids is 4. The normalized spacial score (nSPS) is 11.7. The maximum absolute atomic E-state index is 13.8. The van der Waals surface area contributed by atoms with Crippen LogP contribution in [0.1, 0.15) is 298 Å². The van der Waals surface area contributed by atoms with Crippen molar-refractivity contribution in [2.75, 3.05) is 40.3 Å². The number of hydrogen-bond donors (Lipinski definition) is 0. The Morgan fingerprint density at radius 1 is 0.366 bits per heavy atom. The van der Waals surface area contributed by atoms with Gasteiger partial charge in [-0.05, 0) is 136 Å². The number of rotatable bonds is 53. The number of carbonyl (C=O) groups is 4. The van der Waals surface area contributed by atoms with Gasteiger partial charge in [-0.1, -0.05) is 175 Å². The first-order chi connectivity index (χ1) is 34.6. The molecule has 0 aromatic heterocycles. The summed E-state index contributed by atoms with van der Waals surface area (Å²) in [7, 11) is 4.10. The molecule has 10 nitrogen and oxygen atoms in total. The van der Waals surface area contributed by atoms with Crippen molar-refractivity contribution in [2.24, 2.45) is 0 Å². The molecule has 0 atom stereocenters. The van der Waals surface area contributed by atoms with Crippen LogP contribution in [0.25, 0.3) is 0 Å². The van der Waals surface area contributed by atoms with Crippen molar-refractivity contribution in [1.82, 2.24) is 9.80 Å². The Balaban J connectivity index is 5.18. The quantitative estimate of drug-likeness (QED) is 0.0254. The summed E-state index contributed by atoms with van der Waals surface area (Å²) in [6.07, 6.45) is 45.5. The first kappa shape index (κ1) is 68.4. The van der Waals surface area contributed by atoms with Crippen molar-refractivity contribution in [1.29, 1.82) is 0 Å².